The lowest BCUT2D eigenvalue weighted by Crippen LogP contribution is -2.28. The fraction of sp³-hybridized carbons (Fsp3) is 0.450. The number of aromatic nitrogens is 1. The number of hydrogen-bond donors (Lipinski definition) is 2. The van der Waals surface area contributed by atoms with Gasteiger partial charge in [-0.2, -0.15) is 0 Å². The Bertz CT molecular complexity index is 1110. The summed E-state index contributed by atoms with van der Waals surface area (Å²) in [7, 11) is -3.34. The maximum absolute atomic E-state index is 13.1. The van der Waals surface area contributed by atoms with Crippen LogP contribution in [-0.2, 0) is 35.3 Å². The molecule has 0 bridgehead atoms. The molecule has 2 heterocycles. The van der Waals surface area contributed by atoms with Gasteiger partial charge in [0.25, 0.3) is 5.91 Å². The molecular formula is C20H21ClN2O7S2. The lowest BCUT2D eigenvalue weighted by atomic mass is 10.1. The van der Waals surface area contributed by atoms with Crippen LogP contribution in [0.5, 0.6) is 0 Å². The molecule has 1 amide bonds. The minimum absolute atomic E-state index is 0.153. The smallest absolute Gasteiger partial charge is 0.309 e. The van der Waals surface area contributed by atoms with Crippen molar-refractivity contribution in [1.82, 2.24) is 4.98 Å². The van der Waals surface area contributed by atoms with E-state index in [4.69, 9.17) is 26.2 Å². The van der Waals surface area contributed by atoms with E-state index in [2.05, 4.69) is 10.3 Å². The van der Waals surface area contributed by atoms with Gasteiger partial charge in [0.15, 0.2) is 21.1 Å². The number of thiazole rings is 1. The summed E-state index contributed by atoms with van der Waals surface area (Å²) in [6.07, 6.45) is 0.277. The van der Waals surface area contributed by atoms with Crippen molar-refractivity contribution in [3.8, 4) is 0 Å². The molecule has 32 heavy (non-hydrogen) atoms. The summed E-state index contributed by atoms with van der Waals surface area (Å²) in [6, 6.07) is 6.12. The highest BCUT2D eigenvalue weighted by molar-refractivity contribution is 7.92. The van der Waals surface area contributed by atoms with Gasteiger partial charge in [-0.15, -0.1) is 0 Å². The van der Waals surface area contributed by atoms with Crippen LogP contribution in [0.2, 0.25) is 4.34 Å². The van der Waals surface area contributed by atoms with Gasteiger partial charge in [-0.1, -0.05) is 35.1 Å². The average Bonchev–Trinajstić information content (AvgIpc) is 3.39. The highest BCUT2D eigenvalue weighted by Crippen LogP contribution is 2.35. The topological polar surface area (TPSA) is 132 Å². The van der Waals surface area contributed by atoms with Crippen LogP contribution in [-0.4, -0.2) is 55.0 Å². The zero-order valence-corrected chi connectivity index (χ0v) is 19.2. The van der Waals surface area contributed by atoms with E-state index in [0.717, 1.165) is 11.3 Å². The van der Waals surface area contributed by atoms with E-state index in [-0.39, 0.29) is 37.8 Å². The highest BCUT2D eigenvalue weighted by atomic mass is 35.5. The van der Waals surface area contributed by atoms with Crippen LogP contribution in [0, 0.1) is 0 Å². The van der Waals surface area contributed by atoms with Gasteiger partial charge in [-0.25, -0.2) is 13.4 Å². The molecule has 1 aliphatic heterocycles. The molecule has 2 fully saturated rings. The predicted molar refractivity (Wildman–Crippen MR) is 117 cm³/mol. The fourth-order valence-electron chi connectivity index (χ4n) is 3.32. The number of ether oxygens (including phenoxy) is 2. The summed E-state index contributed by atoms with van der Waals surface area (Å²) in [5.74, 6) is -1.61. The molecule has 172 valence electrons. The third kappa shape index (κ3) is 5.29. The van der Waals surface area contributed by atoms with Crippen LogP contribution >= 0.6 is 22.9 Å². The van der Waals surface area contributed by atoms with E-state index in [1.807, 2.05) is 0 Å². The molecular weight excluding hydrogens is 480 g/mol. The molecule has 2 aromatic rings. The van der Waals surface area contributed by atoms with E-state index < -0.39 is 27.8 Å². The zero-order valence-electron chi connectivity index (χ0n) is 16.8. The van der Waals surface area contributed by atoms with Gasteiger partial charge in [0.2, 0.25) is 0 Å². The van der Waals surface area contributed by atoms with Crippen LogP contribution in [0.15, 0.2) is 29.2 Å². The molecule has 12 heteroatoms. The number of sulfone groups is 1. The zero-order chi connectivity index (χ0) is 22.9. The second-order valence-electron chi connectivity index (χ2n) is 7.61. The Hall–Kier alpha value is -2.05. The van der Waals surface area contributed by atoms with E-state index in [9.17, 15) is 18.0 Å². The molecule has 1 aromatic heterocycles. The molecule has 0 radical (unpaired) electrons. The van der Waals surface area contributed by atoms with Crippen molar-refractivity contribution in [1.29, 1.82) is 0 Å². The molecule has 4 rings (SSSR count). The van der Waals surface area contributed by atoms with Crippen molar-refractivity contribution in [2.24, 2.45) is 0 Å². The first kappa shape index (κ1) is 23.1. The standard InChI is InChI=1S/C20H21ClN2O7S2/c21-18-15(9-16(24)25)22-20(31-18)23-19(26)17(30-12-7-8-29-10-12)11-1-3-13(4-2-11)32(27,28)14-5-6-14/h1-4,12,14,17H,5-10H2,(H,24,25)(H,22,23,26). The van der Waals surface area contributed by atoms with Gasteiger partial charge in [-0.3, -0.25) is 14.9 Å². The third-order valence-corrected chi connectivity index (χ3v) is 8.66. The first-order valence-corrected chi connectivity index (χ1v) is 12.7. The number of nitrogens with zero attached hydrogens (tertiary/aromatic N) is 1. The molecule has 2 N–H and O–H groups in total. The summed E-state index contributed by atoms with van der Waals surface area (Å²) >= 11 is 6.99. The number of amides is 1. The molecule has 9 nitrogen and oxygen atoms in total. The Labute approximate surface area is 193 Å². The van der Waals surface area contributed by atoms with Gasteiger partial charge in [0, 0.05) is 6.61 Å². The Morgan fingerprint density at radius 3 is 2.59 bits per heavy atom. The van der Waals surface area contributed by atoms with Crippen molar-refractivity contribution >= 4 is 49.8 Å². The number of benzene rings is 1. The van der Waals surface area contributed by atoms with Crippen molar-refractivity contribution in [3.05, 3.63) is 39.9 Å². The van der Waals surface area contributed by atoms with Crippen molar-refractivity contribution < 1.29 is 32.6 Å². The van der Waals surface area contributed by atoms with E-state index in [1.165, 1.54) is 12.1 Å². The maximum Gasteiger partial charge on any atom is 0.309 e. The molecule has 1 saturated heterocycles. The summed E-state index contributed by atoms with van der Waals surface area (Å²) in [5.41, 5.74) is 0.647. The molecule has 0 spiro atoms. The number of rotatable bonds is 9. The Kier molecular flexibility index (Phi) is 6.82. The molecule has 2 unspecified atom stereocenters. The Morgan fingerprint density at radius 2 is 2.00 bits per heavy atom. The van der Waals surface area contributed by atoms with Gasteiger partial charge < -0.3 is 14.6 Å². The number of carbonyl (C=O) groups is 2. The minimum atomic E-state index is -3.34. The summed E-state index contributed by atoms with van der Waals surface area (Å²) in [4.78, 5) is 28.3. The van der Waals surface area contributed by atoms with Gasteiger partial charge in [0.1, 0.15) is 4.34 Å². The molecule has 1 saturated carbocycles. The molecule has 1 aromatic carbocycles. The summed E-state index contributed by atoms with van der Waals surface area (Å²) < 4.78 is 36.4. The largest absolute Gasteiger partial charge is 0.481 e. The van der Waals surface area contributed by atoms with Gasteiger partial charge in [-0.05, 0) is 37.0 Å². The quantitative estimate of drug-likeness (QED) is 0.537. The lowest BCUT2D eigenvalue weighted by Gasteiger charge is -2.21. The number of aliphatic carboxylic acids is 1. The Morgan fingerprint density at radius 1 is 1.28 bits per heavy atom. The van der Waals surface area contributed by atoms with Crippen molar-refractivity contribution in [2.45, 2.75) is 48.0 Å². The van der Waals surface area contributed by atoms with Crippen molar-refractivity contribution in [3.63, 3.8) is 0 Å². The normalized spacial score (nSPS) is 19.6. The third-order valence-electron chi connectivity index (χ3n) is 5.13. The number of anilines is 1. The number of carboxylic acids is 1. The summed E-state index contributed by atoms with van der Waals surface area (Å²) in [5, 5.41) is 11.4. The van der Waals surface area contributed by atoms with Crippen LogP contribution in [0.3, 0.4) is 0 Å². The molecule has 2 atom stereocenters. The maximum atomic E-state index is 13.1. The molecule has 2 aliphatic rings. The Balaban J connectivity index is 1.54. The lowest BCUT2D eigenvalue weighted by molar-refractivity contribution is -0.136. The SMILES string of the molecule is O=C(O)Cc1nc(NC(=O)C(OC2CCOC2)c2ccc(S(=O)(=O)C3CC3)cc2)sc1Cl. The predicted octanol–water partition coefficient (Wildman–Crippen LogP) is 2.85. The van der Waals surface area contributed by atoms with Gasteiger partial charge >= 0.3 is 5.97 Å². The number of hydrogen-bond acceptors (Lipinski definition) is 8. The first-order chi connectivity index (χ1) is 15.2. The fourth-order valence-corrected chi connectivity index (χ4v) is 6.02. The van der Waals surface area contributed by atoms with Crippen LogP contribution in [0.4, 0.5) is 5.13 Å². The van der Waals surface area contributed by atoms with Crippen LogP contribution in [0.25, 0.3) is 0 Å². The van der Waals surface area contributed by atoms with E-state index in [0.29, 0.717) is 38.0 Å². The first-order valence-electron chi connectivity index (χ1n) is 9.99. The summed E-state index contributed by atoms with van der Waals surface area (Å²) in [6.45, 7) is 0.877. The van der Waals surface area contributed by atoms with Gasteiger partial charge in [0.05, 0.1) is 35.0 Å². The monoisotopic (exact) mass is 500 g/mol. The van der Waals surface area contributed by atoms with Crippen LogP contribution < -0.4 is 5.32 Å². The average molecular weight is 501 g/mol. The number of halogens is 1. The van der Waals surface area contributed by atoms with E-state index in [1.54, 1.807) is 12.1 Å². The minimum Gasteiger partial charge on any atom is -0.481 e. The molecule has 1 aliphatic carbocycles. The second-order valence-corrected chi connectivity index (χ2v) is 11.4. The van der Waals surface area contributed by atoms with E-state index >= 15 is 0 Å². The van der Waals surface area contributed by atoms with Crippen LogP contribution in [0.1, 0.15) is 36.6 Å². The number of carbonyl (C=O) groups excluding carboxylic acids is 1. The van der Waals surface area contributed by atoms with Crippen molar-refractivity contribution in [2.75, 3.05) is 18.5 Å². The highest BCUT2D eigenvalue weighted by Gasteiger charge is 2.37. The number of nitrogens with one attached hydrogen (secondary N) is 1. The number of carboxylic acid groups (broad SMARTS) is 1. The second kappa shape index (κ2) is 9.44.